The van der Waals surface area contributed by atoms with Crippen molar-refractivity contribution in [3.63, 3.8) is 0 Å². The molecular weight excluding hydrogens is 374 g/mol. The largest absolute Gasteiger partial charge is 0.482 e. The number of hydrogen-bond acceptors (Lipinski definition) is 6. The number of aryl methyl sites for hydroxylation is 1. The molecule has 0 atom stereocenters. The van der Waals surface area contributed by atoms with E-state index in [0.717, 1.165) is 23.8 Å². The van der Waals surface area contributed by atoms with Gasteiger partial charge in [0.25, 0.3) is 5.91 Å². The van der Waals surface area contributed by atoms with E-state index in [0.29, 0.717) is 23.9 Å². The number of nitriles is 1. The molecule has 1 fully saturated rings. The van der Waals surface area contributed by atoms with Crippen LogP contribution in [-0.4, -0.2) is 40.1 Å². The molecule has 1 aliphatic carbocycles. The van der Waals surface area contributed by atoms with Gasteiger partial charge in [-0.25, -0.2) is 0 Å². The molecule has 2 aromatic rings. The smallest absolute Gasteiger partial charge is 0.257 e. The summed E-state index contributed by atoms with van der Waals surface area (Å²) in [7, 11) is 0. The second-order valence-electron chi connectivity index (χ2n) is 6.76. The van der Waals surface area contributed by atoms with Crippen LogP contribution in [0.4, 0.5) is 0 Å². The predicted molar refractivity (Wildman–Crippen MR) is 107 cm³/mol. The highest BCUT2D eigenvalue weighted by Crippen LogP contribution is 2.33. The van der Waals surface area contributed by atoms with Gasteiger partial charge >= 0.3 is 0 Å². The van der Waals surface area contributed by atoms with E-state index in [1.54, 1.807) is 36.0 Å². The molecule has 8 heteroatoms. The number of carbonyl (C=O) groups excluding carboxylic acids is 1. The van der Waals surface area contributed by atoms with Crippen molar-refractivity contribution >= 4 is 17.7 Å². The number of aromatic nitrogens is 3. The number of thioether (sulfide) groups is 1. The van der Waals surface area contributed by atoms with Gasteiger partial charge in [0.15, 0.2) is 11.8 Å². The Morgan fingerprint density at radius 3 is 2.89 bits per heavy atom. The van der Waals surface area contributed by atoms with Crippen LogP contribution in [0.3, 0.4) is 0 Å². The molecule has 0 unspecified atom stereocenters. The first-order valence-corrected chi connectivity index (χ1v) is 10.8. The highest BCUT2D eigenvalue weighted by atomic mass is 32.2. The van der Waals surface area contributed by atoms with Crippen LogP contribution >= 0.6 is 11.8 Å². The average Bonchev–Trinajstić information content (AvgIpc) is 3.39. The van der Waals surface area contributed by atoms with Crippen LogP contribution in [0.5, 0.6) is 5.75 Å². The van der Waals surface area contributed by atoms with E-state index < -0.39 is 0 Å². The molecule has 7 nitrogen and oxygen atoms in total. The van der Waals surface area contributed by atoms with Gasteiger partial charge in [-0.15, -0.1) is 10.2 Å². The lowest BCUT2D eigenvalue weighted by Crippen LogP contribution is -2.30. The van der Waals surface area contributed by atoms with Crippen molar-refractivity contribution in [3.8, 4) is 11.8 Å². The summed E-state index contributed by atoms with van der Waals surface area (Å²) in [6.45, 7) is 0.446. The fourth-order valence-electron chi connectivity index (χ4n) is 3.50. The third-order valence-corrected chi connectivity index (χ3v) is 5.52. The number of rotatable bonds is 9. The molecule has 1 aromatic carbocycles. The number of ether oxygens (including phenoxy) is 1. The number of benzene rings is 1. The van der Waals surface area contributed by atoms with Gasteiger partial charge in [-0.3, -0.25) is 4.79 Å². The molecule has 1 amide bonds. The molecule has 148 valence electrons. The van der Waals surface area contributed by atoms with Crippen LogP contribution in [0.25, 0.3) is 0 Å². The van der Waals surface area contributed by atoms with Gasteiger partial charge in [0.2, 0.25) is 0 Å². The molecule has 0 spiro atoms. The standard InChI is InChI=1S/C20H25N5O2S/c1-28-20-24-23-18(25(20)16-8-3-4-9-16)11-6-12-22-19(26)14-27-17-10-5-2-7-15(17)13-21/h2,5,7,10,16H,3-4,6,8-9,11-12,14H2,1H3,(H,22,26). The summed E-state index contributed by atoms with van der Waals surface area (Å²) in [5.74, 6) is 1.23. The maximum atomic E-state index is 12.0. The fraction of sp³-hybridized carbons (Fsp3) is 0.500. The van der Waals surface area contributed by atoms with Gasteiger partial charge in [-0.1, -0.05) is 36.7 Å². The summed E-state index contributed by atoms with van der Waals surface area (Å²) in [6, 6.07) is 9.45. The average molecular weight is 400 g/mol. The Hall–Kier alpha value is -2.53. The molecule has 1 N–H and O–H groups in total. The zero-order valence-corrected chi connectivity index (χ0v) is 16.9. The highest BCUT2D eigenvalue weighted by Gasteiger charge is 2.23. The van der Waals surface area contributed by atoms with Crippen LogP contribution in [0.1, 0.15) is 49.5 Å². The van der Waals surface area contributed by atoms with Crippen LogP contribution in [0.2, 0.25) is 0 Å². The molecule has 1 saturated carbocycles. The van der Waals surface area contributed by atoms with Gasteiger partial charge in [0, 0.05) is 19.0 Å². The van der Waals surface area contributed by atoms with E-state index in [1.165, 1.54) is 25.7 Å². The Morgan fingerprint density at radius 1 is 1.36 bits per heavy atom. The van der Waals surface area contributed by atoms with Crippen molar-refractivity contribution in [2.24, 2.45) is 0 Å². The number of amides is 1. The maximum absolute atomic E-state index is 12.0. The van der Waals surface area contributed by atoms with Gasteiger partial charge < -0.3 is 14.6 Å². The van der Waals surface area contributed by atoms with E-state index in [-0.39, 0.29) is 12.5 Å². The summed E-state index contributed by atoms with van der Waals surface area (Å²) in [5, 5.41) is 21.6. The predicted octanol–water partition coefficient (Wildman–Crippen LogP) is 3.11. The first-order chi connectivity index (χ1) is 13.7. The number of nitrogens with one attached hydrogen (secondary N) is 1. The Labute approximate surface area is 169 Å². The molecule has 1 aliphatic rings. The van der Waals surface area contributed by atoms with E-state index in [9.17, 15) is 4.79 Å². The van der Waals surface area contributed by atoms with Crippen molar-refractivity contribution in [3.05, 3.63) is 35.7 Å². The summed E-state index contributed by atoms with van der Waals surface area (Å²) in [5.41, 5.74) is 0.422. The summed E-state index contributed by atoms with van der Waals surface area (Å²) in [4.78, 5) is 12.0. The monoisotopic (exact) mass is 399 g/mol. The normalized spacial score (nSPS) is 14.0. The van der Waals surface area contributed by atoms with Crippen LogP contribution in [-0.2, 0) is 11.2 Å². The van der Waals surface area contributed by atoms with Gasteiger partial charge in [0.05, 0.1) is 5.56 Å². The second-order valence-corrected chi connectivity index (χ2v) is 7.53. The van der Waals surface area contributed by atoms with E-state index in [2.05, 4.69) is 26.2 Å². The van der Waals surface area contributed by atoms with Crippen molar-refractivity contribution < 1.29 is 9.53 Å². The molecule has 28 heavy (non-hydrogen) atoms. The third-order valence-electron chi connectivity index (χ3n) is 4.87. The summed E-state index contributed by atoms with van der Waals surface area (Å²) < 4.78 is 7.74. The molecule has 0 radical (unpaired) electrons. The van der Waals surface area contributed by atoms with Crippen molar-refractivity contribution in [2.45, 2.75) is 49.7 Å². The summed E-state index contributed by atoms with van der Waals surface area (Å²) >= 11 is 1.63. The molecule has 0 saturated heterocycles. The van der Waals surface area contributed by atoms with E-state index in [4.69, 9.17) is 10.00 Å². The second kappa shape index (κ2) is 10.1. The molecule has 3 rings (SSSR count). The molecule has 1 aromatic heterocycles. The zero-order chi connectivity index (χ0) is 19.8. The lowest BCUT2D eigenvalue weighted by Gasteiger charge is -2.16. The first kappa shape index (κ1) is 20.2. The van der Waals surface area contributed by atoms with Crippen molar-refractivity contribution in [2.75, 3.05) is 19.4 Å². The van der Waals surface area contributed by atoms with Crippen LogP contribution < -0.4 is 10.1 Å². The first-order valence-electron chi connectivity index (χ1n) is 9.59. The van der Waals surface area contributed by atoms with E-state index in [1.807, 2.05) is 6.26 Å². The molecular formula is C20H25N5O2S. The van der Waals surface area contributed by atoms with Crippen LogP contribution in [0.15, 0.2) is 29.4 Å². The minimum absolute atomic E-state index is 0.104. The quantitative estimate of drug-likeness (QED) is 0.514. The van der Waals surface area contributed by atoms with Gasteiger partial charge in [-0.05, 0) is 37.7 Å². The SMILES string of the molecule is CSc1nnc(CCCNC(=O)COc2ccccc2C#N)n1C1CCCC1. The molecule has 0 bridgehead atoms. The van der Waals surface area contributed by atoms with Crippen molar-refractivity contribution in [1.29, 1.82) is 5.26 Å². The van der Waals surface area contributed by atoms with Crippen LogP contribution in [0, 0.1) is 11.3 Å². The van der Waals surface area contributed by atoms with E-state index >= 15 is 0 Å². The highest BCUT2D eigenvalue weighted by molar-refractivity contribution is 7.98. The Bertz CT molecular complexity index is 839. The lowest BCUT2D eigenvalue weighted by atomic mass is 10.2. The Kier molecular flexibility index (Phi) is 7.31. The van der Waals surface area contributed by atoms with Crippen molar-refractivity contribution in [1.82, 2.24) is 20.1 Å². The Morgan fingerprint density at radius 2 is 2.14 bits per heavy atom. The molecule has 1 heterocycles. The third kappa shape index (κ3) is 5.04. The maximum Gasteiger partial charge on any atom is 0.257 e. The van der Waals surface area contributed by atoms with Gasteiger partial charge in [-0.2, -0.15) is 5.26 Å². The number of hydrogen-bond donors (Lipinski definition) is 1. The topological polar surface area (TPSA) is 92.8 Å². The zero-order valence-electron chi connectivity index (χ0n) is 16.1. The minimum atomic E-state index is -0.199. The minimum Gasteiger partial charge on any atom is -0.482 e. The molecule has 0 aliphatic heterocycles. The van der Waals surface area contributed by atoms with Gasteiger partial charge in [0.1, 0.15) is 17.6 Å². The lowest BCUT2D eigenvalue weighted by molar-refractivity contribution is -0.123. The fourth-order valence-corrected chi connectivity index (χ4v) is 4.07. The Balaban J connectivity index is 1.44. The number of carbonyl (C=O) groups is 1. The number of para-hydroxylation sites is 1. The summed E-state index contributed by atoms with van der Waals surface area (Å²) in [6.07, 6.45) is 8.52. The number of nitrogens with zero attached hydrogens (tertiary/aromatic N) is 4.